The molecule has 3 rings (SSSR count). The Balaban J connectivity index is 2.01. The summed E-state index contributed by atoms with van der Waals surface area (Å²) in [5.41, 5.74) is 0.0958. The standard InChI is InChI=1S/C19H16N2O5/c1-12(2)20-17-6-4-3-5-13(17)11-16(18(20)22)19(23)26-15-9-7-14(8-10-15)21(24)25/h3-12H,1-2H3. The number of ether oxygens (including phenoxy) is 1. The largest absolute Gasteiger partial charge is 0.423 e. The van der Waals surface area contributed by atoms with Crippen LogP contribution in [0.15, 0.2) is 59.4 Å². The van der Waals surface area contributed by atoms with Crippen LogP contribution in [0.2, 0.25) is 0 Å². The molecule has 0 radical (unpaired) electrons. The second-order valence-electron chi connectivity index (χ2n) is 6.03. The maximum absolute atomic E-state index is 12.8. The summed E-state index contributed by atoms with van der Waals surface area (Å²) in [6, 6.07) is 13.8. The highest BCUT2D eigenvalue weighted by Gasteiger charge is 2.19. The lowest BCUT2D eigenvalue weighted by molar-refractivity contribution is -0.384. The first-order valence-corrected chi connectivity index (χ1v) is 7.99. The van der Waals surface area contributed by atoms with E-state index < -0.39 is 16.5 Å². The van der Waals surface area contributed by atoms with Gasteiger partial charge in [-0.2, -0.15) is 0 Å². The van der Waals surface area contributed by atoms with E-state index in [1.165, 1.54) is 30.3 Å². The zero-order valence-corrected chi connectivity index (χ0v) is 14.2. The third kappa shape index (κ3) is 3.19. The lowest BCUT2D eigenvalue weighted by Crippen LogP contribution is -2.29. The van der Waals surface area contributed by atoms with Gasteiger partial charge in [-0.25, -0.2) is 4.79 Å². The molecule has 0 saturated carbocycles. The predicted octanol–water partition coefficient (Wildman–Crippen LogP) is 3.71. The molecule has 2 aromatic carbocycles. The highest BCUT2D eigenvalue weighted by Crippen LogP contribution is 2.20. The van der Waals surface area contributed by atoms with E-state index in [1.54, 1.807) is 4.57 Å². The summed E-state index contributed by atoms with van der Waals surface area (Å²) in [4.78, 5) is 35.4. The molecule has 7 nitrogen and oxygen atoms in total. The van der Waals surface area contributed by atoms with Crippen molar-refractivity contribution in [3.05, 3.63) is 80.6 Å². The molecule has 0 amide bonds. The Morgan fingerprint density at radius 3 is 2.38 bits per heavy atom. The van der Waals surface area contributed by atoms with Gasteiger partial charge < -0.3 is 9.30 Å². The van der Waals surface area contributed by atoms with E-state index in [0.717, 1.165) is 10.9 Å². The Morgan fingerprint density at radius 2 is 1.77 bits per heavy atom. The molecule has 0 aliphatic carbocycles. The number of non-ortho nitro benzene ring substituents is 1. The quantitative estimate of drug-likeness (QED) is 0.309. The number of nitro groups is 1. The van der Waals surface area contributed by atoms with Gasteiger partial charge in [0.05, 0.1) is 10.4 Å². The second kappa shape index (κ2) is 6.79. The number of aromatic nitrogens is 1. The van der Waals surface area contributed by atoms with Crippen molar-refractivity contribution < 1.29 is 14.5 Å². The molecule has 0 bridgehead atoms. The molecule has 1 heterocycles. The summed E-state index contributed by atoms with van der Waals surface area (Å²) >= 11 is 0. The highest BCUT2D eigenvalue weighted by molar-refractivity contribution is 5.95. The van der Waals surface area contributed by atoms with Gasteiger partial charge in [-0.3, -0.25) is 14.9 Å². The van der Waals surface area contributed by atoms with Crippen molar-refractivity contribution in [1.29, 1.82) is 0 Å². The Bertz CT molecular complexity index is 1050. The van der Waals surface area contributed by atoms with Crippen molar-refractivity contribution in [3.63, 3.8) is 0 Å². The number of hydrogen-bond acceptors (Lipinski definition) is 5. The van der Waals surface area contributed by atoms with Crippen LogP contribution in [0.25, 0.3) is 10.9 Å². The van der Waals surface area contributed by atoms with Gasteiger partial charge in [0.15, 0.2) is 0 Å². The molecule has 0 aliphatic rings. The molecule has 7 heteroatoms. The number of carbonyl (C=O) groups excluding carboxylic acids is 1. The van der Waals surface area contributed by atoms with Crippen LogP contribution in [-0.4, -0.2) is 15.5 Å². The lowest BCUT2D eigenvalue weighted by Gasteiger charge is -2.15. The molecule has 0 aliphatic heterocycles. The Labute approximate surface area is 148 Å². The number of nitrogens with zero attached hydrogens (tertiary/aromatic N) is 2. The van der Waals surface area contributed by atoms with Gasteiger partial charge in [0.25, 0.3) is 11.2 Å². The van der Waals surface area contributed by atoms with Crippen molar-refractivity contribution in [2.24, 2.45) is 0 Å². The Morgan fingerprint density at radius 1 is 1.12 bits per heavy atom. The zero-order chi connectivity index (χ0) is 18.8. The van der Waals surface area contributed by atoms with E-state index in [2.05, 4.69) is 0 Å². The minimum atomic E-state index is -0.802. The highest BCUT2D eigenvalue weighted by atomic mass is 16.6. The van der Waals surface area contributed by atoms with E-state index in [4.69, 9.17) is 4.74 Å². The van der Waals surface area contributed by atoms with Crippen molar-refractivity contribution >= 4 is 22.6 Å². The minimum absolute atomic E-state index is 0.0873. The van der Waals surface area contributed by atoms with Crippen LogP contribution < -0.4 is 10.3 Å². The maximum Gasteiger partial charge on any atom is 0.349 e. The molecule has 0 N–H and O–H groups in total. The molecule has 3 aromatic rings. The SMILES string of the molecule is CC(C)n1c(=O)c(C(=O)Oc2ccc([N+](=O)[O-])cc2)cc2ccccc21. The number of carbonyl (C=O) groups is 1. The van der Waals surface area contributed by atoms with E-state index in [-0.39, 0.29) is 23.0 Å². The first kappa shape index (κ1) is 17.3. The average molecular weight is 352 g/mol. The number of nitro benzene ring substituents is 1. The fraction of sp³-hybridized carbons (Fsp3) is 0.158. The summed E-state index contributed by atoms with van der Waals surface area (Å²) in [6.07, 6.45) is 0. The summed E-state index contributed by atoms with van der Waals surface area (Å²) < 4.78 is 6.77. The Hall–Kier alpha value is -3.48. The van der Waals surface area contributed by atoms with Crippen LogP contribution in [0.5, 0.6) is 5.75 Å². The summed E-state index contributed by atoms with van der Waals surface area (Å²) in [5, 5.41) is 11.4. The molecule has 26 heavy (non-hydrogen) atoms. The monoisotopic (exact) mass is 352 g/mol. The Kier molecular flexibility index (Phi) is 4.53. The van der Waals surface area contributed by atoms with Gasteiger partial charge in [-0.15, -0.1) is 0 Å². The third-order valence-electron chi connectivity index (χ3n) is 3.94. The van der Waals surface area contributed by atoms with E-state index >= 15 is 0 Å². The van der Waals surface area contributed by atoms with Crippen LogP contribution in [0, 0.1) is 10.1 Å². The lowest BCUT2D eigenvalue weighted by atomic mass is 10.1. The second-order valence-corrected chi connectivity index (χ2v) is 6.03. The van der Waals surface area contributed by atoms with Gasteiger partial charge in [0, 0.05) is 18.2 Å². The van der Waals surface area contributed by atoms with Crippen molar-refractivity contribution in [3.8, 4) is 5.75 Å². The number of pyridine rings is 1. The van der Waals surface area contributed by atoms with Crippen molar-refractivity contribution in [2.75, 3.05) is 0 Å². The van der Waals surface area contributed by atoms with Crippen LogP contribution in [0.1, 0.15) is 30.2 Å². The molecule has 0 spiro atoms. The number of para-hydroxylation sites is 1. The van der Waals surface area contributed by atoms with Crippen LogP contribution >= 0.6 is 0 Å². The smallest absolute Gasteiger partial charge is 0.349 e. The van der Waals surface area contributed by atoms with Crippen molar-refractivity contribution in [2.45, 2.75) is 19.9 Å². The van der Waals surface area contributed by atoms with E-state index in [9.17, 15) is 19.7 Å². The zero-order valence-electron chi connectivity index (χ0n) is 14.2. The normalized spacial score (nSPS) is 10.9. The molecule has 0 unspecified atom stereocenters. The van der Waals surface area contributed by atoms with Gasteiger partial charge >= 0.3 is 5.97 Å². The number of hydrogen-bond donors (Lipinski definition) is 0. The minimum Gasteiger partial charge on any atom is -0.423 e. The fourth-order valence-electron chi connectivity index (χ4n) is 2.74. The summed E-state index contributed by atoms with van der Waals surface area (Å²) in [5.74, 6) is -0.673. The molecule has 0 fully saturated rings. The molecule has 0 saturated heterocycles. The van der Waals surface area contributed by atoms with Crippen molar-refractivity contribution in [1.82, 2.24) is 4.57 Å². The molecule has 132 valence electrons. The van der Waals surface area contributed by atoms with Crippen LogP contribution in [0.3, 0.4) is 0 Å². The van der Waals surface area contributed by atoms with Gasteiger partial charge in [0.1, 0.15) is 11.3 Å². The summed E-state index contributed by atoms with van der Waals surface area (Å²) in [7, 11) is 0. The topological polar surface area (TPSA) is 91.4 Å². The van der Waals surface area contributed by atoms with E-state index in [1.807, 2.05) is 38.1 Å². The first-order valence-electron chi connectivity index (χ1n) is 7.99. The molecular formula is C19H16N2O5. The molecular weight excluding hydrogens is 336 g/mol. The predicted molar refractivity (Wildman–Crippen MR) is 96.6 cm³/mol. The fourth-order valence-corrected chi connectivity index (χ4v) is 2.74. The first-order chi connectivity index (χ1) is 12.4. The van der Waals surface area contributed by atoms with Crippen LogP contribution in [0.4, 0.5) is 5.69 Å². The average Bonchev–Trinajstić information content (AvgIpc) is 2.61. The number of rotatable bonds is 4. The third-order valence-corrected chi connectivity index (χ3v) is 3.94. The molecule has 1 aromatic heterocycles. The van der Waals surface area contributed by atoms with Gasteiger partial charge in [0.2, 0.25) is 0 Å². The number of benzene rings is 2. The molecule has 0 atom stereocenters. The maximum atomic E-state index is 12.8. The van der Waals surface area contributed by atoms with Crippen LogP contribution in [-0.2, 0) is 0 Å². The summed E-state index contributed by atoms with van der Waals surface area (Å²) in [6.45, 7) is 3.72. The number of esters is 1. The van der Waals surface area contributed by atoms with Gasteiger partial charge in [-0.05, 0) is 43.5 Å². The van der Waals surface area contributed by atoms with E-state index in [0.29, 0.717) is 0 Å². The number of fused-ring (bicyclic) bond motifs is 1. The van der Waals surface area contributed by atoms with Gasteiger partial charge in [-0.1, -0.05) is 18.2 Å².